The Labute approximate surface area is 144 Å². The van der Waals surface area contributed by atoms with Crippen LogP contribution in [0.5, 0.6) is 0 Å². The molecule has 1 aliphatic rings. The van der Waals surface area contributed by atoms with Crippen molar-refractivity contribution in [3.63, 3.8) is 0 Å². The summed E-state index contributed by atoms with van der Waals surface area (Å²) >= 11 is 3.33. The van der Waals surface area contributed by atoms with E-state index in [9.17, 15) is 4.79 Å². The number of nitrogens with zero attached hydrogens (tertiary/aromatic N) is 2. The number of hydrogen-bond donors (Lipinski definition) is 1. The standard InChI is InChI=1S/C17H21N3OS2/c1-4-9-18-15(21)10(2)22-16-14-12-7-5-6-8-13(12)23-17(14)20-11(3)19-16/h4,10H,1,5-9H2,2-3H3,(H,18,21)/t10-/m0/s1. The molecule has 1 aliphatic carbocycles. The van der Waals surface area contributed by atoms with E-state index in [0.29, 0.717) is 6.54 Å². The number of thioether (sulfide) groups is 1. The molecule has 1 atom stereocenters. The van der Waals surface area contributed by atoms with Crippen molar-refractivity contribution >= 4 is 39.2 Å². The average molecular weight is 348 g/mol. The Hall–Kier alpha value is -1.40. The third-order valence-corrected chi connectivity index (χ3v) is 6.24. The van der Waals surface area contributed by atoms with Gasteiger partial charge in [0.25, 0.3) is 0 Å². The van der Waals surface area contributed by atoms with Gasteiger partial charge in [-0.05, 0) is 45.1 Å². The van der Waals surface area contributed by atoms with Crippen molar-refractivity contribution < 1.29 is 4.79 Å². The first-order valence-corrected chi connectivity index (χ1v) is 9.64. The first-order valence-electron chi connectivity index (χ1n) is 7.94. The number of amides is 1. The highest BCUT2D eigenvalue weighted by atomic mass is 32.2. The number of rotatable bonds is 5. The van der Waals surface area contributed by atoms with Gasteiger partial charge in [-0.1, -0.05) is 17.8 Å². The second-order valence-corrected chi connectivity index (χ2v) is 8.17. The summed E-state index contributed by atoms with van der Waals surface area (Å²) in [5.41, 5.74) is 1.41. The van der Waals surface area contributed by atoms with E-state index in [-0.39, 0.29) is 11.2 Å². The molecule has 0 aromatic carbocycles. The molecule has 2 heterocycles. The van der Waals surface area contributed by atoms with E-state index in [1.807, 2.05) is 13.8 Å². The van der Waals surface area contributed by atoms with E-state index in [1.54, 1.807) is 17.4 Å². The molecule has 0 radical (unpaired) electrons. The van der Waals surface area contributed by atoms with Crippen molar-refractivity contribution in [3.8, 4) is 0 Å². The number of carbonyl (C=O) groups is 1. The first-order chi connectivity index (χ1) is 11.1. The Morgan fingerprint density at radius 3 is 3.00 bits per heavy atom. The third-order valence-electron chi connectivity index (χ3n) is 3.97. The fraction of sp³-hybridized carbons (Fsp3) is 0.471. The Morgan fingerprint density at radius 1 is 1.43 bits per heavy atom. The maximum absolute atomic E-state index is 12.1. The molecule has 122 valence electrons. The van der Waals surface area contributed by atoms with Crippen LogP contribution < -0.4 is 5.32 Å². The predicted molar refractivity (Wildman–Crippen MR) is 97.3 cm³/mol. The van der Waals surface area contributed by atoms with Crippen LogP contribution in [0.2, 0.25) is 0 Å². The molecule has 3 rings (SSSR count). The summed E-state index contributed by atoms with van der Waals surface area (Å²) in [6.07, 6.45) is 6.43. The molecule has 0 spiro atoms. The molecule has 0 fully saturated rings. The molecule has 23 heavy (non-hydrogen) atoms. The van der Waals surface area contributed by atoms with Gasteiger partial charge in [0, 0.05) is 16.8 Å². The van der Waals surface area contributed by atoms with Gasteiger partial charge in [-0.15, -0.1) is 17.9 Å². The van der Waals surface area contributed by atoms with Crippen molar-refractivity contribution in [2.24, 2.45) is 0 Å². The zero-order chi connectivity index (χ0) is 16.4. The fourth-order valence-electron chi connectivity index (χ4n) is 2.85. The van der Waals surface area contributed by atoms with Gasteiger partial charge < -0.3 is 5.32 Å². The van der Waals surface area contributed by atoms with Crippen molar-refractivity contribution in [2.45, 2.75) is 49.8 Å². The third kappa shape index (κ3) is 3.43. The molecule has 2 aromatic heterocycles. The Bertz CT molecular complexity index is 754. The first kappa shape index (κ1) is 16.5. The fourth-order valence-corrected chi connectivity index (χ4v) is 5.27. The van der Waals surface area contributed by atoms with E-state index < -0.39 is 0 Å². The van der Waals surface area contributed by atoms with Crippen LogP contribution in [-0.4, -0.2) is 27.7 Å². The lowest BCUT2D eigenvalue weighted by Crippen LogP contribution is -2.30. The van der Waals surface area contributed by atoms with Gasteiger partial charge in [0.2, 0.25) is 5.91 Å². The van der Waals surface area contributed by atoms with Gasteiger partial charge in [0.15, 0.2) is 0 Å². The maximum Gasteiger partial charge on any atom is 0.233 e. The number of aromatic nitrogens is 2. The van der Waals surface area contributed by atoms with Crippen LogP contribution in [-0.2, 0) is 17.6 Å². The minimum Gasteiger partial charge on any atom is -0.352 e. The Balaban J connectivity index is 1.94. The summed E-state index contributed by atoms with van der Waals surface area (Å²) in [7, 11) is 0. The zero-order valence-electron chi connectivity index (χ0n) is 13.5. The normalized spacial score (nSPS) is 15.2. The Morgan fingerprint density at radius 2 is 2.22 bits per heavy atom. The zero-order valence-corrected chi connectivity index (χ0v) is 15.1. The molecule has 0 unspecified atom stereocenters. The number of carbonyl (C=O) groups excluding carboxylic acids is 1. The lowest BCUT2D eigenvalue weighted by atomic mass is 9.97. The minimum absolute atomic E-state index is 0.0170. The van der Waals surface area contributed by atoms with Crippen molar-refractivity contribution in [1.82, 2.24) is 15.3 Å². The molecule has 0 bridgehead atoms. The van der Waals surface area contributed by atoms with Crippen LogP contribution in [0.3, 0.4) is 0 Å². The van der Waals surface area contributed by atoms with Crippen LogP contribution in [0.15, 0.2) is 17.7 Å². The van der Waals surface area contributed by atoms with Crippen LogP contribution in [0, 0.1) is 6.92 Å². The summed E-state index contributed by atoms with van der Waals surface area (Å²) in [4.78, 5) is 23.9. The number of hydrogen-bond acceptors (Lipinski definition) is 5. The molecular weight excluding hydrogens is 326 g/mol. The summed E-state index contributed by atoms with van der Waals surface area (Å²) in [6.45, 7) is 7.97. The summed E-state index contributed by atoms with van der Waals surface area (Å²) in [6, 6.07) is 0. The largest absolute Gasteiger partial charge is 0.352 e. The molecule has 1 amide bonds. The molecule has 4 nitrogen and oxygen atoms in total. The Kier molecular flexibility index (Phi) is 5.02. The molecule has 0 aliphatic heterocycles. The van der Waals surface area contributed by atoms with E-state index in [2.05, 4.69) is 21.9 Å². The van der Waals surface area contributed by atoms with Gasteiger partial charge in [-0.25, -0.2) is 9.97 Å². The van der Waals surface area contributed by atoms with Crippen LogP contribution in [0.25, 0.3) is 10.2 Å². The SMILES string of the molecule is C=CCNC(=O)[C@H](C)Sc1nc(C)nc2sc3c(c12)CCCC3. The van der Waals surface area contributed by atoms with E-state index in [1.165, 1.54) is 40.4 Å². The predicted octanol–water partition coefficient (Wildman–Crippen LogP) is 3.66. The summed E-state index contributed by atoms with van der Waals surface area (Å²) in [5.74, 6) is 0.792. The van der Waals surface area contributed by atoms with Crippen LogP contribution >= 0.6 is 23.1 Å². The summed E-state index contributed by atoms with van der Waals surface area (Å²) < 4.78 is 0. The second kappa shape index (κ2) is 7.01. The molecule has 0 saturated carbocycles. The van der Waals surface area contributed by atoms with Gasteiger partial charge in [0.1, 0.15) is 15.7 Å². The van der Waals surface area contributed by atoms with Gasteiger partial charge >= 0.3 is 0 Å². The van der Waals surface area contributed by atoms with Crippen molar-refractivity contribution in [3.05, 3.63) is 28.9 Å². The van der Waals surface area contributed by atoms with Crippen molar-refractivity contribution in [1.29, 1.82) is 0 Å². The summed E-state index contributed by atoms with van der Waals surface area (Å²) in [5, 5.41) is 4.80. The van der Waals surface area contributed by atoms with E-state index >= 15 is 0 Å². The maximum atomic E-state index is 12.1. The molecular formula is C17H21N3OS2. The van der Waals surface area contributed by atoms with E-state index in [4.69, 9.17) is 0 Å². The molecule has 2 aromatic rings. The highest BCUT2D eigenvalue weighted by Crippen LogP contribution is 2.40. The highest BCUT2D eigenvalue weighted by molar-refractivity contribution is 8.00. The number of fused-ring (bicyclic) bond motifs is 3. The monoisotopic (exact) mass is 347 g/mol. The molecule has 1 N–H and O–H groups in total. The van der Waals surface area contributed by atoms with Crippen LogP contribution in [0.4, 0.5) is 0 Å². The topological polar surface area (TPSA) is 54.9 Å². The average Bonchev–Trinajstić information content (AvgIpc) is 2.90. The van der Waals surface area contributed by atoms with Gasteiger partial charge in [0.05, 0.1) is 5.25 Å². The lowest BCUT2D eigenvalue weighted by Gasteiger charge is -2.14. The smallest absolute Gasteiger partial charge is 0.233 e. The van der Waals surface area contributed by atoms with Gasteiger partial charge in [-0.2, -0.15) is 0 Å². The van der Waals surface area contributed by atoms with E-state index in [0.717, 1.165) is 28.5 Å². The highest BCUT2D eigenvalue weighted by Gasteiger charge is 2.23. The van der Waals surface area contributed by atoms with Crippen LogP contribution in [0.1, 0.15) is 36.0 Å². The lowest BCUT2D eigenvalue weighted by molar-refractivity contribution is -0.120. The molecule has 0 saturated heterocycles. The quantitative estimate of drug-likeness (QED) is 0.509. The van der Waals surface area contributed by atoms with Gasteiger partial charge in [-0.3, -0.25) is 4.79 Å². The number of nitrogens with one attached hydrogen (secondary N) is 1. The molecule has 6 heteroatoms. The number of thiophene rings is 1. The van der Waals surface area contributed by atoms with Crippen molar-refractivity contribution in [2.75, 3.05) is 6.54 Å². The second-order valence-electron chi connectivity index (χ2n) is 5.76. The number of aryl methyl sites for hydroxylation is 3. The minimum atomic E-state index is -0.188.